The zero-order valence-corrected chi connectivity index (χ0v) is 13.7. The number of esters is 1. The molecule has 126 valence electrons. The summed E-state index contributed by atoms with van der Waals surface area (Å²) < 4.78 is 15.5. The third-order valence-corrected chi connectivity index (χ3v) is 3.31. The summed E-state index contributed by atoms with van der Waals surface area (Å²) in [7, 11) is 2.78. The van der Waals surface area contributed by atoms with E-state index < -0.39 is 12.1 Å². The van der Waals surface area contributed by atoms with Gasteiger partial charge in [-0.25, -0.2) is 4.79 Å². The van der Waals surface area contributed by atoms with Gasteiger partial charge in [-0.3, -0.25) is 4.79 Å². The van der Waals surface area contributed by atoms with E-state index in [-0.39, 0.29) is 17.2 Å². The molecule has 2 rings (SSSR count). The summed E-state index contributed by atoms with van der Waals surface area (Å²) >= 11 is 0. The first-order chi connectivity index (χ1) is 11.5. The van der Waals surface area contributed by atoms with Crippen LogP contribution >= 0.6 is 0 Å². The lowest BCUT2D eigenvalue weighted by Gasteiger charge is -2.17. The zero-order chi connectivity index (χ0) is 17.5. The summed E-state index contributed by atoms with van der Waals surface area (Å²) in [4.78, 5) is 24.1. The first kappa shape index (κ1) is 17.3. The molecule has 2 aromatic rings. The average Bonchev–Trinajstić information content (AvgIpc) is 2.61. The molecule has 1 N–H and O–H groups in total. The number of hydrogen-bond donors (Lipinski definition) is 1. The number of carbonyl (C=O) groups excluding carboxylic acids is 2. The molecule has 0 spiro atoms. The topological polar surface area (TPSA) is 73.9 Å². The summed E-state index contributed by atoms with van der Waals surface area (Å²) in [6.07, 6.45) is -0.819. The van der Waals surface area contributed by atoms with Crippen LogP contribution in [0.5, 0.6) is 11.5 Å². The predicted octanol–water partition coefficient (Wildman–Crippen LogP) is 2.89. The van der Waals surface area contributed by atoms with Gasteiger partial charge in [-0.2, -0.15) is 0 Å². The number of anilines is 1. The van der Waals surface area contributed by atoms with E-state index in [0.29, 0.717) is 11.4 Å². The first-order valence-corrected chi connectivity index (χ1v) is 7.34. The van der Waals surface area contributed by atoms with Gasteiger partial charge in [0.1, 0.15) is 17.1 Å². The van der Waals surface area contributed by atoms with Crippen molar-refractivity contribution >= 4 is 17.6 Å². The van der Waals surface area contributed by atoms with Gasteiger partial charge < -0.3 is 19.5 Å². The zero-order valence-electron chi connectivity index (χ0n) is 13.7. The van der Waals surface area contributed by atoms with Crippen LogP contribution in [0.3, 0.4) is 0 Å². The highest BCUT2D eigenvalue weighted by Crippen LogP contribution is 2.26. The van der Waals surface area contributed by atoms with Gasteiger partial charge in [0.2, 0.25) is 0 Å². The standard InChI is InChI=1S/C18H19NO5/c1-12(17(20)19-13-7-5-4-6-8-13)24-16-11-14(22-2)9-10-15(16)18(21)23-3/h4-12H,1-3H3,(H,19,20). The summed E-state index contributed by atoms with van der Waals surface area (Å²) in [6.45, 7) is 1.60. The number of methoxy groups -OCH3 is 2. The minimum Gasteiger partial charge on any atom is -0.497 e. The Hall–Kier alpha value is -3.02. The fourth-order valence-electron chi connectivity index (χ4n) is 2.02. The summed E-state index contributed by atoms with van der Waals surface area (Å²) in [5, 5.41) is 2.74. The lowest BCUT2D eigenvalue weighted by molar-refractivity contribution is -0.122. The molecule has 24 heavy (non-hydrogen) atoms. The minimum atomic E-state index is -0.819. The summed E-state index contributed by atoms with van der Waals surface area (Å²) in [6, 6.07) is 13.7. The van der Waals surface area contributed by atoms with Gasteiger partial charge in [-0.05, 0) is 31.2 Å². The summed E-state index contributed by atoms with van der Waals surface area (Å²) in [5.74, 6) is -0.159. The van der Waals surface area contributed by atoms with Crippen molar-refractivity contribution in [1.29, 1.82) is 0 Å². The molecule has 0 saturated carbocycles. The van der Waals surface area contributed by atoms with Crippen LogP contribution in [0.2, 0.25) is 0 Å². The van der Waals surface area contributed by atoms with E-state index in [1.54, 1.807) is 31.2 Å². The molecule has 2 aromatic carbocycles. The maximum absolute atomic E-state index is 12.2. The van der Waals surface area contributed by atoms with Crippen LogP contribution in [0.25, 0.3) is 0 Å². The summed E-state index contributed by atoms with van der Waals surface area (Å²) in [5.41, 5.74) is 0.884. The number of benzene rings is 2. The van der Waals surface area contributed by atoms with Gasteiger partial charge in [0.15, 0.2) is 6.10 Å². The van der Waals surface area contributed by atoms with Crippen molar-refractivity contribution in [3.8, 4) is 11.5 Å². The van der Waals surface area contributed by atoms with E-state index in [4.69, 9.17) is 14.2 Å². The Labute approximate surface area is 140 Å². The van der Waals surface area contributed by atoms with Gasteiger partial charge in [0.25, 0.3) is 5.91 Å². The second kappa shape index (κ2) is 8.01. The van der Waals surface area contributed by atoms with E-state index in [9.17, 15) is 9.59 Å². The average molecular weight is 329 g/mol. The molecule has 0 fully saturated rings. The second-order valence-corrected chi connectivity index (χ2v) is 4.97. The lowest BCUT2D eigenvalue weighted by Crippen LogP contribution is -2.30. The Morgan fingerprint density at radius 3 is 2.38 bits per heavy atom. The number of rotatable bonds is 6. The maximum atomic E-state index is 12.2. The van der Waals surface area contributed by atoms with Gasteiger partial charge in [0, 0.05) is 11.8 Å². The molecular formula is C18H19NO5. The number of amides is 1. The molecule has 1 unspecified atom stereocenters. The fourth-order valence-corrected chi connectivity index (χ4v) is 2.02. The molecule has 1 atom stereocenters. The Balaban J connectivity index is 2.16. The molecule has 0 aliphatic heterocycles. The van der Waals surface area contributed by atoms with Crippen LogP contribution < -0.4 is 14.8 Å². The second-order valence-electron chi connectivity index (χ2n) is 4.97. The van der Waals surface area contributed by atoms with Gasteiger partial charge in [-0.1, -0.05) is 18.2 Å². The van der Waals surface area contributed by atoms with Crippen molar-refractivity contribution in [3.63, 3.8) is 0 Å². The third-order valence-electron chi connectivity index (χ3n) is 3.31. The van der Waals surface area contributed by atoms with Crippen LogP contribution in [-0.2, 0) is 9.53 Å². The van der Waals surface area contributed by atoms with Gasteiger partial charge >= 0.3 is 5.97 Å². The molecule has 6 nitrogen and oxygen atoms in total. The molecule has 0 radical (unpaired) electrons. The van der Waals surface area contributed by atoms with Crippen molar-refractivity contribution in [3.05, 3.63) is 54.1 Å². The molecule has 6 heteroatoms. The molecule has 0 heterocycles. The van der Waals surface area contributed by atoms with Gasteiger partial charge in [0.05, 0.1) is 14.2 Å². The normalized spacial score (nSPS) is 11.3. The van der Waals surface area contributed by atoms with E-state index >= 15 is 0 Å². The van der Waals surface area contributed by atoms with Crippen molar-refractivity contribution < 1.29 is 23.8 Å². The molecule has 0 saturated heterocycles. The SMILES string of the molecule is COC(=O)c1ccc(OC)cc1OC(C)C(=O)Nc1ccccc1. The molecule has 0 bridgehead atoms. The highest BCUT2D eigenvalue weighted by atomic mass is 16.5. The van der Waals surface area contributed by atoms with Crippen molar-refractivity contribution in [2.75, 3.05) is 19.5 Å². The molecule has 0 aromatic heterocycles. The molecular weight excluding hydrogens is 310 g/mol. The number of carbonyl (C=O) groups is 2. The number of hydrogen-bond acceptors (Lipinski definition) is 5. The van der Waals surface area contributed by atoms with E-state index in [1.165, 1.54) is 20.3 Å². The molecule has 0 aliphatic rings. The van der Waals surface area contributed by atoms with Crippen molar-refractivity contribution in [1.82, 2.24) is 0 Å². The minimum absolute atomic E-state index is 0.219. The van der Waals surface area contributed by atoms with Crippen LogP contribution in [0.4, 0.5) is 5.69 Å². The van der Waals surface area contributed by atoms with Gasteiger partial charge in [-0.15, -0.1) is 0 Å². The van der Waals surface area contributed by atoms with Crippen LogP contribution in [0.1, 0.15) is 17.3 Å². The number of nitrogens with one attached hydrogen (secondary N) is 1. The Morgan fingerprint density at radius 1 is 1.04 bits per heavy atom. The monoisotopic (exact) mass is 329 g/mol. The molecule has 0 aliphatic carbocycles. The van der Waals surface area contributed by atoms with Crippen molar-refractivity contribution in [2.45, 2.75) is 13.0 Å². The third kappa shape index (κ3) is 4.25. The highest BCUT2D eigenvalue weighted by molar-refractivity contribution is 5.95. The first-order valence-electron chi connectivity index (χ1n) is 7.34. The van der Waals surface area contributed by atoms with Crippen LogP contribution in [0.15, 0.2) is 48.5 Å². The lowest BCUT2D eigenvalue weighted by atomic mass is 10.2. The number of ether oxygens (including phenoxy) is 3. The largest absolute Gasteiger partial charge is 0.497 e. The fraction of sp³-hybridized carbons (Fsp3) is 0.222. The van der Waals surface area contributed by atoms with Crippen LogP contribution in [-0.4, -0.2) is 32.2 Å². The smallest absolute Gasteiger partial charge is 0.341 e. The van der Waals surface area contributed by atoms with E-state index in [2.05, 4.69) is 5.32 Å². The van der Waals surface area contributed by atoms with Crippen molar-refractivity contribution in [2.24, 2.45) is 0 Å². The van der Waals surface area contributed by atoms with E-state index in [0.717, 1.165) is 0 Å². The highest BCUT2D eigenvalue weighted by Gasteiger charge is 2.20. The van der Waals surface area contributed by atoms with E-state index in [1.807, 2.05) is 18.2 Å². The van der Waals surface area contributed by atoms with Crippen LogP contribution in [0, 0.1) is 0 Å². The predicted molar refractivity (Wildman–Crippen MR) is 89.5 cm³/mol. The maximum Gasteiger partial charge on any atom is 0.341 e. The Morgan fingerprint density at radius 2 is 1.75 bits per heavy atom. The Bertz CT molecular complexity index is 715. The molecule has 1 amide bonds. The quantitative estimate of drug-likeness (QED) is 0.825. The Kier molecular flexibility index (Phi) is 5.78. The number of para-hydroxylation sites is 1.